The van der Waals surface area contributed by atoms with Crippen molar-refractivity contribution in [3.8, 4) is 0 Å². The molecule has 2 rings (SSSR count). The SMILES string of the molecule is CC[C@H](C(=O)NCC(=O)Nc1ccccc1C)c1ccccc1. The van der Waals surface area contributed by atoms with E-state index in [2.05, 4.69) is 10.6 Å². The number of aryl methyl sites for hydroxylation is 1. The molecule has 0 fully saturated rings. The van der Waals surface area contributed by atoms with Crippen LogP contribution >= 0.6 is 0 Å². The molecule has 0 radical (unpaired) electrons. The van der Waals surface area contributed by atoms with Gasteiger partial charge in [0.25, 0.3) is 0 Å². The summed E-state index contributed by atoms with van der Waals surface area (Å²) in [5.74, 6) is -0.586. The topological polar surface area (TPSA) is 58.2 Å². The quantitative estimate of drug-likeness (QED) is 0.860. The fourth-order valence-corrected chi connectivity index (χ4v) is 2.46. The van der Waals surface area contributed by atoms with Gasteiger partial charge in [-0.25, -0.2) is 0 Å². The third-order valence-corrected chi connectivity index (χ3v) is 3.77. The van der Waals surface area contributed by atoms with E-state index in [4.69, 9.17) is 0 Å². The van der Waals surface area contributed by atoms with Crippen molar-refractivity contribution >= 4 is 17.5 Å². The second-order valence-electron chi connectivity index (χ2n) is 5.45. The van der Waals surface area contributed by atoms with Gasteiger partial charge >= 0.3 is 0 Å². The van der Waals surface area contributed by atoms with E-state index in [9.17, 15) is 9.59 Å². The molecule has 1 atom stereocenters. The maximum atomic E-state index is 12.3. The molecule has 0 aliphatic carbocycles. The van der Waals surface area contributed by atoms with Crippen molar-refractivity contribution in [1.29, 1.82) is 0 Å². The molecule has 0 aliphatic rings. The number of nitrogens with one attached hydrogen (secondary N) is 2. The van der Waals surface area contributed by atoms with Crippen LogP contribution in [-0.2, 0) is 9.59 Å². The fraction of sp³-hybridized carbons (Fsp3) is 0.263. The van der Waals surface area contributed by atoms with E-state index >= 15 is 0 Å². The lowest BCUT2D eigenvalue weighted by atomic mass is 9.96. The second-order valence-corrected chi connectivity index (χ2v) is 5.45. The standard InChI is InChI=1S/C19H22N2O2/c1-3-16(15-10-5-4-6-11-15)19(23)20-13-18(22)21-17-12-8-7-9-14(17)2/h4-12,16H,3,13H2,1-2H3,(H,20,23)(H,21,22)/t16-/m0/s1. The van der Waals surface area contributed by atoms with Crippen LogP contribution in [0.25, 0.3) is 0 Å². The van der Waals surface area contributed by atoms with Crippen molar-refractivity contribution in [1.82, 2.24) is 5.32 Å². The lowest BCUT2D eigenvalue weighted by Gasteiger charge is -2.15. The van der Waals surface area contributed by atoms with Gasteiger partial charge in [0.15, 0.2) is 0 Å². The summed E-state index contributed by atoms with van der Waals surface area (Å²) in [6.45, 7) is 3.86. The highest BCUT2D eigenvalue weighted by atomic mass is 16.2. The molecular formula is C19H22N2O2. The molecule has 2 aromatic rings. The summed E-state index contributed by atoms with van der Waals surface area (Å²) in [5, 5.41) is 5.53. The van der Waals surface area contributed by atoms with Gasteiger partial charge in [-0.2, -0.15) is 0 Å². The number of hydrogen-bond acceptors (Lipinski definition) is 2. The maximum Gasteiger partial charge on any atom is 0.243 e. The Hall–Kier alpha value is -2.62. The molecule has 0 saturated carbocycles. The van der Waals surface area contributed by atoms with Crippen LogP contribution in [0, 0.1) is 6.92 Å². The van der Waals surface area contributed by atoms with Crippen LogP contribution in [-0.4, -0.2) is 18.4 Å². The molecule has 0 unspecified atom stereocenters. The van der Waals surface area contributed by atoms with Gasteiger partial charge in [0.2, 0.25) is 11.8 Å². The summed E-state index contributed by atoms with van der Waals surface area (Å²) in [6.07, 6.45) is 0.690. The zero-order valence-electron chi connectivity index (χ0n) is 13.5. The molecule has 0 heterocycles. The third-order valence-electron chi connectivity index (χ3n) is 3.77. The van der Waals surface area contributed by atoms with Gasteiger partial charge in [-0.3, -0.25) is 9.59 Å². The van der Waals surface area contributed by atoms with E-state index in [0.717, 1.165) is 16.8 Å². The smallest absolute Gasteiger partial charge is 0.243 e. The molecule has 120 valence electrons. The van der Waals surface area contributed by atoms with Gasteiger partial charge < -0.3 is 10.6 Å². The van der Waals surface area contributed by atoms with Gasteiger partial charge in [0, 0.05) is 5.69 Å². The third kappa shape index (κ3) is 4.68. The minimum atomic E-state index is -0.234. The first kappa shape index (κ1) is 16.7. The predicted octanol–water partition coefficient (Wildman–Crippen LogP) is 3.24. The number of anilines is 1. The Morgan fingerprint density at radius 2 is 1.65 bits per heavy atom. The largest absolute Gasteiger partial charge is 0.346 e. The first-order valence-corrected chi connectivity index (χ1v) is 7.80. The minimum absolute atomic E-state index is 0.0312. The normalized spacial score (nSPS) is 11.6. The van der Waals surface area contributed by atoms with Crippen molar-refractivity contribution in [3.05, 3.63) is 65.7 Å². The number of benzene rings is 2. The number of rotatable bonds is 6. The highest BCUT2D eigenvalue weighted by molar-refractivity contribution is 5.96. The van der Waals surface area contributed by atoms with Gasteiger partial charge in [-0.15, -0.1) is 0 Å². The number of carbonyl (C=O) groups is 2. The first-order valence-electron chi connectivity index (χ1n) is 7.80. The summed E-state index contributed by atoms with van der Waals surface area (Å²) in [6, 6.07) is 17.2. The van der Waals surface area contributed by atoms with Gasteiger partial charge in [0.05, 0.1) is 12.5 Å². The van der Waals surface area contributed by atoms with E-state index in [1.807, 2.05) is 68.4 Å². The summed E-state index contributed by atoms with van der Waals surface area (Å²) in [5.41, 5.74) is 2.72. The van der Waals surface area contributed by atoms with Crippen molar-refractivity contribution in [2.24, 2.45) is 0 Å². The van der Waals surface area contributed by atoms with Crippen LogP contribution in [0.15, 0.2) is 54.6 Å². The Kier molecular flexibility index (Phi) is 5.92. The highest BCUT2D eigenvalue weighted by Gasteiger charge is 2.18. The molecule has 23 heavy (non-hydrogen) atoms. The predicted molar refractivity (Wildman–Crippen MR) is 92.3 cm³/mol. The van der Waals surface area contributed by atoms with E-state index in [0.29, 0.717) is 6.42 Å². The Balaban J connectivity index is 1.90. The molecule has 0 aromatic heterocycles. The van der Waals surface area contributed by atoms with Gasteiger partial charge in [-0.1, -0.05) is 55.5 Å². The van der Waals surface area contributed by atoms with Crippen LogP contribution in [0.2, 0.25) is 0 Å². The summed E-state index contributed by atoms with van der Waals surface area (Å²) in [7, 11) is 0. The second kappa shape index (κ2) is 8.13. The van der Waals surface area contributed by atoms with Gasteiger partial charge in [-0.05, 0) is 30.5 Å². The van der Waals surface area contributed by atoms with E-state index in [1.165, 1.54) is 0 Å². The van der Waals surface area contributed by atoms with Crippen LogP contribution in [0.3, 0.4) is 0 Å². The Labute approximate surface area is 136 Å². The number of para-hydroxylation sites is 1. The Morgan fingerprint density at radius 3 is 2.30 bits per heavy atom. The molecule has 0 spiro atoms. The average molecular weight is 310 g/mol. The summed E-state index contributed by atoms with van der Waals surface area (Å²) >= 11 is 0. The molecular weight excluding hydrogens is 288 g/mol. The molecule has 0 bridgehead atoms. The lowest BCUT2D eigenvalue weighted by Crippen LogP contribution is -2.36. The van der Waals surface area contributed by atoms with Crippen LogP contribution < -0.4 is 10.6 Å². The highest BCUT2D eigenvalue weighted by Crippen LogP contribution is 2.19. The van der Waals surface area contributed by atoms with Crippen LogP contribution in [0.5, 0.6) is 0 Å². The molecule has 2 aromatic carbocycles. The zero-order valence-corrected chi connectivity index (χ0v) is 13.5. The lowest BCUT2D eigenvalue weighted by molar-refractivity contribution is -0.125. The Bertz CT molecular complexity index is 668. The molecule has 4 heteroatoms. The van der Waals surface area contributed by atoms with E-state index in [-0.39, 0.29) is 24.3 Å². The van der Waals surface area contributed by atoms with Crippen LogP contribution in [0.1, 0.15) is 30.4 Å². The molecule has 2 amide bonds. The number of carbonyl (C=O) groups excluding carboxylic acids is 2. The number of hydrogen-bond donors (Lipinski definition) is 2. The monoisotopic (exact) mass is 310 g/mol. The van der Waals surface area contributed by atoms with Crippen molar-refractivity contribution in [3.63, 3.8) is 0 Å². The van der Waals surface area contributed by atoms with Gasteiger partial charge in [0.1, 0.15) is 0 Å². The van der Waals surface area contributed by atoms with Crippen molar-refractivity contribution < 1.29 is 9.59 Å². The van der Waals surface area contributed by atoms with E-state index in [1.54, 1.807) is 0 Å². The van der Waals surface area contributed by atoms with E-state index < -0.39 is 0 Å². The Morgan fingerprint density at radius 1 is 1.00 bits per heavy atom. The maximum absolute atomic E-state index is 12.3. The number of amides is 2. The molecule has 0 saturated heterocycles. The van der Waals surface area contributed by atoms with Crippen molar-refractivity contribution in [2.45, 2.75) is 26.2 Å². The van der Waals surface area contributed by atoms with Crippen molar-refractivity contribution in [2.75, 3.05) is 11.9 Å². The average Bonchev–Trinajstić information content (AvgIpc) is 2.57. The van der Waals surface area contributed by atoms with Crippen LogP contribution in [0.4, 0.5) is 5.69 Å². The minimum Gasteiger partial charge on any atom is -0.346 e. The first-order chi connectivity index (χ1) is 11.1. The fourth-order valence-electron chi connectivity index (χ4n) is 2.46. The molecule has 2 N–H and O–H groups in total. The zero-order chi connectivity index (χ0) is 16.7. The summed E-state index contributed by atoms with van der Waals surface area (Å²) in [4.78, 5) is 24.3. The molecule has 4 nitrogen and oxygen atoms in total. The summed E-state index contributed by atoms with van der Waals surface area (Å²) < 4.78 is 0. The molecule has 0 aliphatic heterocycles.